The summed E-state index contributed by atoms with van der Waals surface area (Å²) in [6, 6.07) is 8.33. The van der Waals surface area contributed by atoms with Crippen LogP contribution in [0.1, 0.15) is 75.7 Å². The number of rotatable bonds is 5. The Labute approximate surface area is 238 Å². The number of amides is 1. The van der Waals surface area contributed by atoms with Crippen LogP contribution in [-0.4, -0.2) is 51.3 Å². The van der Waals surface area contributed by atoms with Gasteiger partial charge in [-0.15, -0.1) is 0 Å². The third kappa shape index (κ3) is 5.90. The van der Waals surface area contributed by atoms with E-state index in [9.17, 15) is 4.79 Å². The van der Waals surface area contributed by atoms with Crippen molar-refractivity contribution < 1.29 is 14.3 Å². The maximum absolute atomic E-state index is 12.8. The van der Waals surface area contributed by atoms with Crippen LogP contribution < -0.4 is 15.5 Å². The molecule has 2 atom stereocenters. The maximum atomic E-state index is 12.8. The van der Waals surface area contributed by atoms with E-state index in [1.165, 1.54) is 11.1 Å². The first-order chi connectivity index (χ1) is 18.1. The number of carbonyl (C=O) groups is 1. The van der Waals surface area contributed by atoms with Gasteiger partial charge in [0.15, 0.2) is 5.82 Å². The molecule has 3 aliphatic rings. The molecule has 10 heteroatoms. The quantitative estimate of drug-likeness (QED) is 0.291. The van der Waals surface area contributed by atoms with E-state index in [2.05, 4.69) is 38.7 Å². The van der Waals surface area contributed by atoms with Crippen LogP contribution in [0, 0.1) is 10.8 Å². The van der Waals surface area contributed by atoms with Gasteiger partial charge in [-0.05, 0) is 93.0 Å². The van der Waals surface area contributed by atoms with Crippen molar-refractivity contribution in [2.24, 2.45) is 5.41 Å². The third-order valence-corrected chi connectivity index (χ3v) is 8.22. The third-order valence-electron chi connectivity index (χ3n) is 7.71. The number of ether oxygens (including phenoxy) is 2. The molecule has 5 rings (SSSR count). The smallest absolute Gasteiger partial charge is 0.408 e. The summed E-state index contributed by atoms with van der Waals surface area (Å²) in [7, 11) is 0. The van der Waals surface area contributed by atoms with Gasteiger partial charge < -0.3 is 25.0 Å². The molecule has 0 radical (unpaired) electrons. The number of piperidine rings is 1. The Bertz CT molecular complexity index is 1190. The van der Waals surface area contributed by atoms with Crippen molar-refractivity contribution in [2.75, 3.05) is 29.9 Å². The van der Waals surface area contributed by atoms with Gasteiger partial charge in [-0.1, -0.05) is 24.3 Å². The van der Waals surface area contributed by atoms with Gasteiger partial charge in [-0.2, -0.15) is 0 Å². The van der Waals surface area contributed by atoms with Gasteiger partial charge in [0, 0.05) is 25.1 Å². The number of anilines is 2. The largest absolute Gasteiger partial charge is 0.444 e. The lowest BCUT2D eigenvalue weighted by molar-refractivity contribution is 0.0340. The van der Waals surface area contributed by atoms with E-state index in [-0.39, 0.29) is 23.8 Å². The molecule has 2 saturated heterocycles. The van der Waals surface area contributed by atoms with E-state index in [1.54, 1.807) is 6.20 Å². The minimum Gasteiger partial charge on any atom is -0.444 e. The lowest BCUT2D eigenvalue weighted by atomic mass is 9.72. The van der Waals surface area contributed by atoms with Gasteiger partial charge in [-0.25, -0.2) is 14.8 Å². The SMILES string of the molecule is CC(C)(C)OC(=O)NC1c2ccccc2CC12CCN(c1cnc(C(=N)I)c(NC3CCCCO3)n1)CC2. The zero-order valence-corrected chi connectivity index (χ0v) is 24.5. The molecular weight excluding hydrogens is 595 g/mol. The molecule has 0 bridgehead atoms. The van der Waals surface area contributed by atoms with Crippen LogP contribution in [0.2, 0.25) is 0 Å². The van der Waals surface area contributed by atoms with Crippen molar-refractivity contribution >= 4 is 44.0 Å². The van der Waals surface area contributed by atoms with Crippen molar-refractivity contribution in [3.63, 3.8) is 0 Å². The number of fused-ring (bicyclic) bond motifs is 1. The molecule has 1 amide bonds. The Morgan fingerprint density at radius 2 is 2.00 bits per heavy atom. The topological polar surface area (TPSA) is 112 Å². The second-order valence-electron chi connectivity index (χ2n) is 11.5. The lowest BCUT2D eigenvalue weighted by Crippen LogP contribution is -2.48. The van der Waals surface area contributed by atoms with Gasteiger partial charge in [0.05, 0.1) is 12.2 Å². The molecule has 1 aromatic heterocycles. The molecule has 2 unspecified atom stereocenters. The average molecular weight is 633 g/mol. The fraction of sp³-hybridized carbons (Fsp3) is 0.571. The second-order valence-corrected chi connectivity index (χ2v) is 12.6. The Balaban J connectivity index is 1.33. The summed E-state index contributed by atoms with van der Waals surface area (Å²) in [6.45, 7) is 8.00. The molecule has 3 heterocycles. The molecule has 2 aliphatic heterocycles. The fourth-order valence-electron chi connectivity index (χ4n) is 5.89. The number of hydrogen-bond acceptors (Lipinski definition) is 8. The van der Waals surface area contributed by atoms with Crippen molar-refractivity contribution in [3.8, 4) is 0 Å². The van der Waals surface area contributed by atoms with E-state index >= 15 is 0 Å². The molecule has 9 nitrogen and oxygen atoms in total. The zero-order valence-electron chi connectivity index (χ0n) is 22.3. The number of hydrogen-bond donors (Lipinski definition) is 3. The van der Waals surface area contributed by atoms with Crippen LogP contribution in [0.15, 0.2) is 30.5 Å². The first kappa shape index (κ1) is 27.1. The minimum atomic E-state index is -0.549. The second kappa shape index (κ2) is 11.0. The fourth-order valence-corrected chi connectivity index (χ4v) is 6.29. The van der Waals surface area contributed by atoms with Crippen LogP contribution >= 0.6 is 22.6 Å². The number of alkyl carbamates (subject to hydrolysis) is 1. The number of nitrogens with zero attached hydrogens (tertiary/aromatic N) is 3. The highest BCUT2D eigenvalue weighted by Gasteiger charge is 2.48. The molecular formula is C28H37IN6O3. The summed E-state index contributed by atoms with van der Waals surface area (Å²) in [4.78, 5) is 24.6. The molecule has 204 valence electrons. The van der Waals surface area contributed by atoms with Gasteiger partial charge in [0.2, 0.25) is 0 Å². The van der Waals surface area contributed by atoms with Crippen molar-refractivity contribution in [3.05, 3.63) is 47.3 Å². The predicted molar refractivity (Wildman–Crippen MR) is 156 cm³/mol. The molecule has 3 N–H and O–H groups in total. The van der Waals surface area contributed by atoms with E-state index in [4.69, 9.17) is 19.9 Å². The summed E-state index contributed by atoms with van der Waals surface area (Å²) in [5, 5.41) is 14.8. The molecule has 1 aromatic carbocycles. The predicted octanol–water partition coefficient (Wildman–Crippen LogP) is 5.58. The van der Waals surface area contributed by atoms with E-state index in [0.29, 0.717) is 15.2 Å². The van der Waals surface area contributed by atoms with Crippen LogP contribution in [0.25, 0.3) is 0 Å². The molecule has 1 aliphatic carbocycles. The summed E-state index contributed by atoms with van der Waals surface area (Å²) < 4.78 is 11.8. The highest BCUT2D eigenvalue weighted by atomic mass is 127. The number of nitrogens with one attached hydrogen (secondary N) is 3. The number of aromatic nitrogens is 2. The van der Waals surface area contributed by atoms with Crippen LogP contribution in [-0.2, 0) is 15.9 Å². The standard InChI is InChI=1S/C28H37IN6O3/c1-27(2,3)38-26(36)34-23-19-9-5-4-8-18(19)16-28(23)11-13-35(14-12-28)20-17-31-22(24(29)30)25(32-20)33-21-10-6-7-15-37-21/h4-5,8-9,17,21,23,30H,6-7,10-16H2,1-3H3,(H,32,33)(H,34,36). The Kier molecular flexibility index (Phi) is 7.82. The van der Waals surface area contributed by atoms with Crippen molar-refractivity contribution in [1.82, 2.24) is 15.3 Å². The van der Waals surface area contributed by atoms with Gasteiger partial charge in [0.1, 0.15) is 27.1 Å². The van der Waals surface area contributed by atoms with Gasteiger partial charge >= 0.3 is 6.09 Å². The lowest BCUT2D eigenvalue weighted by Gasteiger charge is -2.44. The van der Waals surface area contributed by atoms with Crippen molar-refractivity contribution in [1.29, 1.82) is 5.41 Å². The van der Waals surface area contributed by atoms with Crippen LogP contribution in [0.5, 0.6) is 0 Å². The van der Waals surface area contributed by atoms with Crippen LogP contribution in [0.3, 0.4) is 0 Å². The summed E-state index contributed by atoms with van der Waals surface area (Å²) >= 11 is 1.98. The van der Waals surface area contributed by atoms with Crippen LogP contribution in [0.4, 0.5) is 16.4 Å². The zero-order chi connectivity index (χ0) is 26.9. The highest BCUT2D eigenvalue weighted by molar-refractivity contribution is 14.1. The molecule has 38 heavy (non-hydrogen) atoms. The molecule has 2 fully saturated rings. The molecule has 2 aromatic rings. The summed E-state index contributed by atoms with van der Waals surface area (Å²) in [6.07, 6.45) is 7.13. The average Bonchev–Trinajstić information content (AvgIpc) is 3.16. The van der Waals surface area contributed by atoms with E-state index in [0.717, 1.165) is 64.0 Å². The maximum Gasteiger partial charge on any atom is 0.408 e. The van der Waals surface area contributed by atoms with E-state index < -0.39 is 5.60 Å². The van der Waals surface area contributed by atoms with Gasteiger partial charge in [-0.3, -0.25) is 5.41 Å². The first-order valence-corrected chi connectivity index (χ1v) is 14.5. The Hall–Kier alpha value is -2.47. The summed E-state index contributed by atoms with van der Waals surface area (Å²) in [5.41, 5.74) is 2.41. The number of halogens is 1. The monoisotopic (exact) mass is 632 g/mol. The Morgan fingerprint density at radius 1 is 1.24 bits per heavy atom. The number of carbonyl (C=O) groups excluding carboxylic acids is 1. The number of benzene rings is 1. The minimum absolute atomic E-state index is 0.0776. The summed E-state index contributed by atoms with van der Waals surface area (Å²) in [5.74, 6) is 1.40. The molecule has 1 spiro atoms. The Morgan fingerprint density at radius 3 is 2.68 bits per heavy atom. The first-order valence-electron chi connectivity index (χ1n) is 13.5. The molecule has 0 saturated carbocycles. The normalized spacial score (nSPS) is 22.6. The van der Waals surface area contributed by atoms with Gasteiger partial charge in [0.25, 0.3) is 0 Å². The highest BCUT2D eigenvalue weighted by Crippen LogP contribution is 2.52. The van der Waals surface area contributed by atoms with Crippen molar-refractivity contribution in [2.45, 2.75) is 77.2 Å². The van der Waals surface area contributed by atoms with E-state index in [1.807, 2.05) is 49.4 Å².